The molecule has 2 aromatic heterocycles. The number of fused-ring (bicyclic) bond motifs is 1. The van der Waals surface area contributed by atoms with Gasteiger partial charge in [0.1, 0.15) is 0 Å². The van der Waals surface area contributed by atoms with Crippen molar-refractivity contribution in [2.45, 2.75) is 30.8 Å². The maximum absolute atomic E-state index is 12.9. The molecule has 0 radical (unpaired) electrons. The highest BCUT2D eigenvalue weighted by atomic mass is 32.2. The van der Waals surface area contributed by atoms with E-state index in [-0.39, 0.29) is 5.78 Å². The molecule has 6 heteroatoms. The van der Waals surface area contributed by atoms with E-state index in [2.05, 4.69) is 27.3 Å². The van der Waals surface area contributed by atoms with Crippen molar-refractivity contribution >= 4 is 17.5 Å². The van der Waals surface area contributed by atoms with Crippen molar-refractivity contribution in [2.24, 2.45) is 0 Å². The van der Waals surface area contributed by atoms with Crippen LogP contribution in [0.15, 0.2) is 78.2 Å². The van der Waals surface area contributed by atoms with E-state index in [1.54, 1.807) is 12.4 Å². The molecule has 1 aliphatic carbocycles. The predicted octanol–water partition coefficient (Wildman–Crippen LogP) is 5.18. The zero-order valence-electron chi connectivity index (χ0n) is 17.1. The quantitative estimate of drug-likeness (QED) is 0.314. The van der Waals surface area contributed by atoms with Gasteiger partial charge in [0.15, 0.2) is 16.8 Å². The van der Waals surface area contributed by atoms with Gasteiger partial charge in [-0.3, -0.25) is 14.3 Å². The molecule has 0 bridgehead atoms. The number of thioether (sulfide) groups is 1. The van der Waals surface area contributed by atoms with Gasteiger partial charge in [-0.15, -0.1) is 10.2 Å². The third-order valence-corrected chi connectivity index (χ3v) is 6.52. The number of aryl methyl sites for hydroxylation is 2. The Morgan fingerprint density at radius 2 is 1.68 bits per heavy atom. The molecule has 0 aliphatic heterocycles. The molecular formula is C25H22N4OS. The Morgan fingerprint density at radius 1 is 0.903 bits per heavy atom. The van der Waals surface area contributed by atoms with Crippen LogP contribution in [0.2, 0.25) is 0 Å². The van der Waals surface area contributed by atoms with Gasteiger partial charge in [-0.1, -0.05) is 42.1 Å². The van der Waals surface area contributed by atoms with E-state index in [9.17, 15) is 4.79 Å². The van der Waals surface area contributed by atoms with Gasteiger partial charge in [0.25, 0.3) is 0 Å². The number of hydrogen-bond acceptors (Lipinski definition) is 5. The number of nitrogens with zero attached hydrogens (tertiary/aromatic N) is 4. The SMILES string of the molecule is O=C(CSc1nnc(-c2ccncc2)n1-c1ccccc1)c1ccc2c(c1)CCCC2. The molecular weight excluding hydrogens is 404 g/mol. The van der Waals surface area contributed by atoms with Gasteiger partial charge in [-0.2, -0.15) is 0 Å². The Bertz CT molecular complexity index is 1200. The Morgan fingerprint density at radius 3 is 2.48 bits per heavy atom. The number of carbonyl (C=O) groups is 1. The number of hydrogen-bond donors (Lipinski definition) is 0. The second-order valence-corrected chi connectivity index (χ2v) is 8.56. The lowest BCUT2D eigenvalue weighted by Gasteiger charge is -2.16. The van der Waals surface area contributed by atoms with Crippen LogP contribution in [0.4, 0.5) is 0 Å². The average Bonchev–Trinajstić information content (AvgIpc) is 3.27. The monoisotopic (exact) mass is 426 g/mol. The predicted molar refractivity (Wildman–Crippen MR) is 123 cm³/mol. The van der Waals surface area contributed by atoms with Gasteiger partial charge in [0, 0.05) is 29.2 Å². The first-order chi connectivity index (χ1) is 15.3. The number of aromatic nitrogens is 4. The number of rotatable bonds is 6. The zero-order chi connectivity index (χ0) is 21.0. The van der Waals surface area contributed by atoms with Crippen LogP contribution in [0, 0.1) is 0 Å². The molecule has 0 saturated heterocycles. The van der Waals surface area contributed by atoms with Crippen molar-refractivity contribution in [3.05, 3.63) is 89.7 Å². The smallest absolute Gasteiger partial charge is 0.196 e. The van der Waals surface area contributed by atoms with E-state index in [1.807, 2.05) is 53.1 Å². The fraction of sp³-hybridized carbons (Fsp3) is 0.200. The number of benzene rings is 2. The van der Waals surface area contributed by atoms with Crippen molar-refractivity contribution in [2.75, 3.05) is 5.75 Å². The van der Waals surface area contributed by atoms with Gasteiger partial charge < -0.3 is 0 Å². The minimum absolute atomic E-state index is 0.117. The highest BCUT2D eigenvalue weighted by Gasteiger charge is 2.18. The minimum Gasteiger partial charge on any atom is -0.293 e. The van der Waals surface area contributed by atoms with E-state index in [0.29, 0.717) is 10.9 Å². The first kappa shape index (κ1) is 19.7. The van der Waals surface area contributed by atoms with Crippen LogP contribution in [0.3, 0.4) is 0 Å². The third-order valence-electron chi connectivity index (χ3n) is 5.59. The van der Waals surface area contributed by atoms with E-state index >= 15 is 0 Å². The van der Waals surface area contributed by atoms with E-state index in [4.69, 9.17) is 0 Å². The first-order valence-electron chi connectivity index (χ1n) is 10.5. The second-order valence-electron chi connectivity index (χ2n) is 7.62. The molecule has 5 nitrogen and oxygen atoms in total. The summed E-state index contributed by atoms with van der Waals surface area (Å²) in [5, 5.41) is 9.53. The summed E-state index contributed by atoms with van der Waals surface area (Å²) in [7, 11) is 0. The van der Waals surface area contributed by atoms with Crippen molar-refractivity contribution in [3.8, 4) is 17.1 Å². The number of carbonyl (C=O) groups excluding carboxylic acids is 1. The molecule has 0 saturated carbocycles. The standard InChI is InChI=1S/C25H22N4OS/c30-23(21-11-10-18-6-4-5-7-20(18)16-21)17-31-25-28-27-24(19-12-14-26-15-13-19)29(25)22-8-2-1-3-9-22/h1-3,8-16H,4-7,17H2. The lowest BCUT2D eigenvalue weighted by Crippen LogP contribution is -2.08. The van der Waals surface area contributed by atoms with Crippen LogP contribution in [0.5, 0.6) is 0 Å². The molecule has 31 heavy (non-hydrogen) atoms. The molecule has 5 rings (SSSR count). The van der Waals surface area contributed by atoms with Crippen LogP contribution in [-0.4, -0.2) is 31.3 Å². The molecule has 0 atom stereocenters. The summed E-state index contributed by atoms with van der Waals surface area (Å²) in [5.41, 5.74) is 5.39. The Hall–Kier alpha value is -3.25. The Labute approximate surface area is 185 Å². The van der Waals surface area contributed by atoms with Gasteiger partial charge in [-0.05, 0) is 67.1 Å². The fourth-order valence-corrected chi connectivity index (χ4v) is 4.83. The Kier molecular flexibility index (Phi) is 5.63. The third kappa shape index (κ3) is 4.16. The van der Waals surface area contributed by atoms with Crippen molar-refractivity contribution in [1.29, 1.82) is 0 Å². The molecule has 0 spiro atoms. The second kappa shape index (κ2) is 8.86. The van der Waals surface area contributed by atoms with Crippen molar-refractivity contribution in [3.63, 3.8) is 0 Å². The summed E-state index contributed by atoms with van der Waals surface area (Å²) < 4.78 is 2.00. The average molecular weight is 427 g/mol. The molecule has 4 aromatic rings. The number of ketones is 1. The molecule has 2 heterocycles. The van der Waals surface area contributed by atoms with Gasteiger partial charge in [-0.25, -0.2) is 0 Å². The lowest BCUT2D eigenvalue weighted by atomic mass is 9.90. The van der Waals surface area contributed by atoms with Crippen LogP contribution in [0.25, 0.3) is 17.1 Å². The van der Waals surface area contributed by atoms with Gasteiger partial charge in [0.05, 0.1) is 5.75 Å². The summed E-state index contributed by atoms with van der Waals surface area (Å²) in [6.45, 7) is 0. The molecule has 0 fully saturated rings. The van der Waals surface area contributed by atoms with Crippen LogP contribution < -0.4 is 0 Å². The maximum Gasteiger partial charge on any atom is 0.196 e. The fourth-order valence-electron chi connectivity index (χ4n) is 3.98. The molecule has 0 amide bonds. The maximum atomic E-state index is 12.9. The minimum atomic E-state index is 0.117. The normalized spacial score (nSPS) is 13.0. The highest BCUT2D eigenvalue weighted by Crippen LogP contribution is 2.29. The lowest BCUT2D eigenvalue weighted by molar-refractivity contribution is 0.102. The molecule has 154 valence electrons. The Balaban J connectivity index is 1.42. The van der Waals surface area contributed by atoms with Crippen molar-refractivity contribution in [1.82, 2.24) is 19.7 Å². The van der Waals surface area contributed by atoms with Crippen LogP contribution in [0.1, 0.15) is 34.3 Å². The summed E-state index contributed by atoms with van der Waals surface area (Å²) in [5.74, 6) is 1.17. The molecule has 0 N–H and O–H groups in total. The molecule has 0 unspecified atom stereocenters. The summed E-state index contributed by atoms with van der Waals surface area (Å²) in [6, 6.07) is 20.0. The number of pyridine rings is 1. The summed E-state index contributed by atoms with van der Waals surface area (Å²) in [4.78, 5) is 17.0. The molecule has 2 aromatic carbocycles. The summed E-state index contributed by atoms with van der Waals surface area (Å²) >= 11 is 1.42. The van der Waals surface area contributed by atoms with Crippen molar-refractivity contribution < 1.29 is 4.79 Å². The van der Waals surface area contributed by atoms with E-state index < -0.39 is 0 Å². The van der Waals surface area contributed by atoms with Crippen LogP contribution in [-0.2, 0) is 12.8 Å². The summed E-state index contributed by atoms with van der Waals surface area (Å²) in [6.07, 6.45) is 8.12. The largest absolute Gasteiger partial charge is 0.293 e. The van der Waals surface area contributed by atoms with E-state index in [1.165, 1.54) is 35.7 Å². The zero-order valence-corrected chi connectivity index (χ0v) is 17.9. The molecule has 1 aliphatic rings. The van der Waals surface area contributed by atoms with Gasteiger partial charge in [0.2, 0.25) is 0 Å². The topological polar surface area (TPSA) is 60.7 Å². The van der Waals surface area contributed by atoms with Gasteiger partial charge >= 0.3 is 0 Å². The first-order valence-corrected chi connectivity index (χ1v) is 11.5. The number of para-hydroxylation sites is 1. The highest BCUT2D eigenvalue weighted by molar-refractivity contribution is 7.99. The van der Waals surface area contributed by atoms with E-state index in [0.717, 1.165) is 35.5 Å². The number of Topliss-reactive ketones (excluding diaryl/α,β-unsaturated/α-hetero) is 1. The van der Waals surface area contributed by atoms with Crippen LogP contribution >= 0.6 is 11.8 Å².